The molecule has 0 unspecified atom stereocenters. The van der Waals surface area contributed by atoms with Gasteiger partial charge in [-0.15, -0.1) is 0 Å². The maximum atomic E-state index is 12.3. The number of benzene rings is 2. The van der Waals surface area contributed by atoms with Gasteiger partial charge in [-0.1, -0.05) is 29.8 Å². The van der Waals surface area contributed by atoms with Crippen molar-refractivity contribution in [3.05, 3.63) is 77.1 Å². The van der Waals surface area contributed by atoms with Crippen molar-refractivity contribution in [2.75, 3.05) is 10.6 Å². The lowest BCUT2D eigenvalue weighted by atomic mass is 10.2. The van der Waals surface area contributed by atoms with Gasteiger partial charge >= 0.3 is 0 Å². The van der Waals surface area contributed by atoms with Crippen molar-refractivity contribution in [2.24, 2.45) is 0 Å². The molecule has 0 aliphatic carbocycles. The molecule has 6 heteroatoms. The highest BCUT2D eigenvalue weighted by Gasteiger charge is 2.09. The normalized spacial score (nSPS) is 10.2. The number of carbonyl (C=O) groups excluding carboxylic acids is 1. The second kappa shape index (κ2) is 7.10. The lowest BCUT2D eigenvalue weighted by Crippen LogP contribution is -2.14. The van der Waals surface area contributed by atoms with Gasteiger partial charge in [-0.05, 0) is 48.9 Å². The van der Waals surface area contributed by atoms with Crippen molar-refractivity contribution in [3.8, 4) is 0 Å². The summed E-state index contributed by atoms with van der Waals surface area (Å²) in [6.45, 7) is 1.97. The molecule has 0 aliphatic heterocycles. The Morgan fingerprint density at radius 1 is 1.04 bits per heavy atom. The number of anilines is 3. The van der Waals surface area contributed by atoms with E-state index in [2.05, 4.69) is 20.6 Å². The van der Waals surface area contributed by atoms with Crippen LogP contribution in [0.5, 0.6) is 0 Å². The van der Waals surface area contributed by atoms with E-state index in [1.807, 2.05) is 43.3 Å². The fraction of sp³-hybridized carbons (Fsp3) is 0.0556. The van der Waals surface area contributed by atoms with Crippen LogP contribution in [0.2, 0.25) is 5.02 Å². The lowest BCUT2D eigenvalue weighted by molar-refractivity contribution is 0.102. The molecule has 0 saturated heterocycles. The molecule has 2 aromatic carbocycles. The number of hydrogen-bond donors (Lipinski definition) is 2. The zero-order valence-electron chi connectivity index (χ0n) is 13.0. The molecule has 120 valence electrons. The van der Waals surface area contributed by atoms with Crippen LogP contribution in [0.25, 0.3) is 0 Å². The Morgan fingerprint density at radius 2 is 1.83 bits per heavy atom. The summed E-state index contributed by atoms with van der Waals surface area (Å²) in [5, 5.41) is 6.45. The third-order valence-corrected chi connectivity index (χ3v) is 3.48. The van der Waals surface area contributed by atoms with Crippen LogP contribution in [0.4, 0.5) is 17.3 Å². The van der Waals surface area contributed by atoms with Gasteiger partial charge in [-0.3, -0.25) is 4.79 Å². The summed E-state index contributed by atoms with van der Waals surface area (Å²) in [7, 11) is 0. The standard InChI is InChI=1S/C18H15ClN4O/c1-12-4-2-6-14(10-12)21-17(24)16-8-9-20-18(23-16)22-15-7-3-5-13(19)11-15/h2-11H,1H3,(H,21,24)(H,20,22,23). The van der Waals surface area contributed by atoms with Gasteiger partial charge < -0.3 is 10.6 Å². The second-order valence-corrected chi connectivity index (χ2v) is 5.66. The molecule has 3 rings (SSSR count). The first kappa shape index (κ1) is 16.0. The van der Waals surface area contributed by atoms with Gasteiger partial charge in [-0.2, -0.15) is 0 Å². The Hall–Kier alpha value is -2.92. The first-order chi connectivity index (χ1) is 11.6. The van der Waals surface area contributed by atoms with E-state index >= 15 is 0 Å². The molecule has 3 aromatic rings. The number of nitrogens with one attached hydrogen (secondary N) is 2. The summed E-state index contributed by atoms with van der Waals surface area (Å²) < 4.78 is 0. The minimum Gasteiger partial charge on any atom is -0.324 e. The van der Waals surface area contributed by atoms with E-state index in [9.17, 15) is 4.79 Å². The van der Waals surface area contributed by atoms with Crippen molar-refractivity contribution in [1.29, 1.82) is 0 Å². The Kier molecular flexibility index (Phi) is 4.72. The predicted octanol–water partition coefficient (Wildman–Crippen LogP) is 4.43. The highest BCUT2D eigenvalue weighted by atomic mass is 35.5. The number of hydrogen-bond acceptors (Lipinski definition) is 4. The molecule has 1 amide bonds. The molecule has 24 heavy (non-hydrogen) atoms. The molecule has 1 heterocycles. The van der Waals surface area contributed by atoms with Crippen LogP contribution in [-0.2, 0) is 0 Å². The molecule has 1 aromatic heterocycles. The molecule has 0 saturated carbocycles. The Morgan fingerprint density at radius 3 is 2.62 bits per heavy atom. The van der Waals surface area contributed by atoms with Crippen molar-refractivity contribution in [2.45, 2.75) is 6.92 Å². The van der Waals surface area contributed by atoms with Gasteiger partial charge in [0, 0.05) is 22.6 Å². The average molecular weight is 339 g/mol. The smallest absolute Gasteiger partial charge is 0.274 e. The number of amides is 1. The highest BCUT2D eigenvalue weighted by molar-refractivity contribution is 6.30. The van der Waals surface area contributed by atoms with E-state index in [0.717, 1.165) is 16.9 Å². The number of aromatic nitrogens is 2. The van der Waals surface area contributed by atoms with Crippen LogP contribution < -0.4 is 10.6 Å². The maximum absolute atomic E-state index is 12.3. The minimum atomic E-state index is -0.294. The van der Waals surface area contributed by atoms with E-state index in [-0.39, 0.29) is 11.6 Å². The van der Waals surface area contributed by atoms with Gasteiger partial charge in [0.05, 0.1) is 0 Å². The van der Waals surface area contributed by atoms with E-state index in [1.165, 1.54) is 6.20 Å². The largest absolute Gasteiger partial charge is 0.324 e. The number of nitrogens with zero attached hydrogens (tertiary/aromatic N) is 2. The summed E-state index contributed by atoms with van der Waals surface area (Å²) >= 11 is 5.95. The van der Waals surface area contributed by atoms with Gasteiger partial charge in [0.15, 0.2) is 0 Å². The first-order valence-corrected chi connectivity index (χ1v) is 7.71. The number of halogens is 1. The van der Waals surface area contributed by atoms with Crippen molar-refractivity contribution < 1.29 is 4.79 Å². The molecule has 0 atom stereocenters. The van der Waals surface area contributed by atoms with Gasteiger partial charge in [-0.25, -0.2) is 9.97 Å². The highest BCUT2D eigenvalue weighted by Crippen LogP contribution is 2.18. The van der Waals surface area contributed by atoms with Crippen LogP contribution in [0.3, 0.4) is 0 Å². The fourth-order valence-corrected chi connectivity index (χ4v) is 2.35. The fourth-order valence-electron chi connectivity index (χ4n) is 2.16. The Labute approximate surface area is 144 Å². The van der Waals surface area contributed by atoms with Crippen molar-refractivity contribution in [3.63, 3.8) is 0 Å². The first-order valence-electron chi connectivity index (χ1n) is 7.34. The number of rotatable bonds is 4. The van der Waals surface area contributed by atoms with Crippen LogP contribution in [0.1, 0.15) is 16.1 Å². The van der Waals surface area contributed by atoms with Crippen LogP contribution in [-0.4, -0.2) is 15.9 Å². The topological polar surface area (TPSA) is 66.9 Å². The molecular weight excluding hydrogens is 324 g/mol. The zero-order chi connectivity index (χ0) is 16.9. The lowest BCUT2D eigenvalue weighted by Gasteiger charge is -2.08. The maximum Gasteiger partial charge on any atom is 0.274 e. The number of aryl methyl sites for hydroxylation is 1. The minimum absolute atomic E-state index is 0.274. The summed E-state index contributed by atoms with van der Waals surface area (Å²) in [6, 6.07) is 16.3. The number of carbonyl (C=O) groups is 1. The van der Waals surface area contributed by atoms with Gasteiger partial charge in [0.2, 0.25) is 5.95 Å². The summed E-state index contributed by atoms with van der Waals surface area (Å²) in [5.74, 6) is 0.0336. The van der Waals surface area contributed by atoms with Crippen LogP contribution in [0, 0.1) is 6.92 Å². The molecule has 0 fully saturated rings. The molecule has 0 radical (unpaired) electrons. The SMILES string of the molecule is Cc1cccc(NC(=O)c2ccnc(Nc3cccc(Cl)c3)n2)c1. The summed E-state index contributed by atoms with van der Waals surface area (Å²) in [6.07, 6.45) is 1.53. The summed E-state index contributed by atoms with van der Waals surface area (Å²) in [4.78, 5) is 20.7. The van der Waals surface area contributed by atoms with E-state index in [0.29, 0.717) is 11.0 Å². The zero-order valence-corrected chi connectivity index (χ0v) is 13.7. The van der Waals surface area contributed by atoms with E-state index in [1.54, 1.807) is 18.2 Å². The van der Waals surface area contributed by atoms with E-state index in [4.69, 9.17) is 11.6 Å². The summed E-state index contributed by atoms with van der Waals surface area (Å²) in [5.41, 5.74) is 2.82. The van der Waals surface area contributed by atoms with Crippen LogP contribution in [0.15, 0.2) is 60.8 Å². The molecule has 0 aliphatic rings. The molecule has 0 bridgehead atoms. The monoisotopic (exact) mass is 338 g/mol. The quantitative estimate of drug-likeness (QED) is 0.738. The molecule has 0 spiro atoms. The molecular formula is C18H15ClN4O. The Bertz CT molecular complexity index is 882. The molecule has 2 N–H and O–H groups in total. The van der Waals surface area contributed by atoms with Gasteiger partial charge in [0.1, 0.15) is 5.69 Å². The predicted molar refractivity (Wildman–Crippen MR) is 95.9 cm³/mol. The van der Waals surface area contributed by atoms with E-state index < -0.39 is 0 Å². The average Bonchev–Trinajstić information content (AvgIpc) is 2.55. The van der Waals surface area contributed by atoms with Gasteiger partial charge in [0.25, 0.3) is 5.91 Å². The third-order valence-electron chi connectivity index (χ3n) is 3.24. The molecule has 5 nitrogen and oxygen atoms in total. The Balaban J connectivity index is 1.76. The van der Waals surface area contributed by atoms with Crippen LogP contribution >= 0.6 is 11.6 Å². The third kappa shape index (κ3) is 4.08. The van der Waals surface area contributed by atoms with Crippen molar-refractivity contribution in [1.82, 2.24) is 9.97 Å². The van der Waals surface area contributed by atoms with Crippen molar-refractivity contribution >= 4 is 34.8 Å². The second-order valence-electron chi connectivity index (χ2n) is 5.22.